The lowest BCUT2D eigenvalue weighted by Crippen LogP contribution is -1.98. The summed E-state index contributed by atoms with van der Waals surface area (Å²) in [7, 11) is 1.91. The van der Waals surface area contributed by atoms with E-state index in [1.165, 1.54) is 12.1 Å². The van der Waals surface area contributed by atoms with E-state index in [1.807, 2.05) is 30.7 Å². The number of imidazole rings is 1. The van der Waals surface area contributed by atoms with Gasteiger partial charge < -0.3 is 9.40 Å². The number of hydrogen-bond donors (Lipinski definition) is 0. The molecule has 0 aliphatic rings. The van der Waals surface area contributed by atoms with Gasteiger partial charge in [-0.05, 0) is 36.8 Å². The van der Waals surface area contributed by atoms with Crippen molar-refractivity contribution in [2.75, 3.05) is 0 Å². The van der Waals surface area contributed by atoms with Crippen LogP contribution >= 0.6 is 11.3 Å². The molecule has 0 saturated heterocycles. The first-order chi connectivity index (χ1) is 11.1. The topological polar surface area (TPSA) is 39.4 Å². The predicted octanol–water partition coefficient (Wildman–Crippen LogP) is 4.23. The van der Waals surface area contributed by atoms with Gasteiger partial charge in [-0.25, -0.2) is 9.37 Å². The molecule has 0 fully saturated rings. The van der Waals surface area contributed by atoms with E-state index in [2.05, 4.69) is 10.1 Å². The Labute approximate surface area is 137 Å². The third-order valence-corrected chi connectivity index (χ3v) is 4.66. The lowest BCUT2D eigenvalue weighted by molar-refractivity contribution is 0.126. The van der Waals surface area contributed by atoms with Crippen LogP contribution in [0.15, 0.2) is 54.1 Å². The SMILES string of the molecule is C/C(=N\OCc1cncn1C)c1ccc(-c2ccc(F)cc2)s1. The summed E-state index contributed by atoms with van der Waals surface area (Å²) in [6.07, 6.45) is 3.48. The first kappa shape index (κ1) is 15.4. The Morgan fingerprint density at radius 1 is 1.26 bits per heavy atom. The lowest BCUT2D eigenvalue weighted by atomic mass is 10.2. The van der Waals surface area contributed by atoms with Crippen LogP contribution in [0.4, 0.5) is 4.39 Å². The summed E-state index contributed by atoms with van der Waals surface area (Å²) in [5.74, 6) is -0.230. The van der Waals surface area contributed by atoms with Gasteiger partial charge in [0.15, 0.2) is 6.61 Å². The van der Waals surface area contributed by atoms with E-state index in [4.69, 9.17) is 4.84 Å². The second kappa shape index (κ2) is 6.75. The molecule has 0 unspecified atom stereocenters. The van der Waals surface area contributed by atoms with Gasteiger partial charge in [0.25, 0.3) is 0 Å². The maximum atomic E-state index is 13.0. The number of nitrogens with zero attached hydrogens (tertiary/aromatic N) is 3. The Bertz CT molecular complexity index is 820. The second-order valence-electron chi connectivity index (χ2n) is 5.12. The van der Waals surface area contributed by atoms with E-state index in [0.29, 0.717) is 6.61 Å². The molecular formula is C17H16FN3OS. The van der Waals surface area contributed by atoms with Crippen LogP contribution < -0.4 is 0 Å². The summed E-state index contributed by atoms with van der Waals surface area (Å²) in [5, 5.41) is 4.16. The second-order valence-corrected chi connectivity index (χ2v) is 6.20. The van der Waals surface area contributed by atoms with E-state index in [-0.39, 0.29) is 5.82 Å². The molecule has 0 amide bonds. The maximum Gasteiger partial charge on any atom is 0.158 e. The standard InChI is InChI=1S/C17H16FN3OS/c1-12(20-22-10-15-9-19-11-21(15)2)16-7-8-17(23-16)13-3-5-14(18)6-4-13/h3-9,11H,10H2,1-2H3/b20-12+. The average molecular weight is 329 g/mol. The Morgan fingerprint density at radius 3 is 2.74 bits per heavy atom. The Balaban J connectivity index is 1.68. The van der Waals surface area contributed by atoms with Gasteiger partial charge in [-0.15, -0.1) is 11.3 Å². The zero-order chi connectivity index (χ0) is 16.2. The molecule has 118 valence electrons. The van der Waals surface area contributed by atoms with Crippen LogP contribution in [0, 0.1) is 5.82 Å². The molecular weight excluding hydrogens is 313 g/mol. The van der Waals surface area contributed by atoms with Crippen molar-refractivity contribution in [2.24, 2.45) is 12.2 Å². The molecule has 0 aliphatic carbocycles. The van der Waals surface area contributed by atoms with Crippen molar-refractivity contribution in [3.63, 3.8) is 0 Å². The van der Waals surface area contributed by atoms with E-state index < -0.39 is 0 Å². The molecule has 0 N–H and O–H groups in total. The molecule has 2 heterocycles. The number of halogens is 1. The van der Waals surface area contributed by atoms with E-state index in [1.54, 1.807) is 36.0 Å². The zero-order valence-corrected chi connectivity index (χ0v) is 13.7. The normalized spacial score (nSPS) is 11.7. The van der Waals surface area contributed by atoms with Gasteiger partial charge in [-0.2, -0.15) is 0 Å². The highest BCUT2D eigenvalue weighted by Gasteiger charge is 2.06. The van der Waals surface area contributed by atoms with Gasteiger partial charge in [-0.3, -0.25) is 0 Å². The number of aryl methyl sites for hydroxylation is 1. The summed E-state index contributed by atoms with van der Waals surface area (Å²) >= 11 is 1.60. The quantitative estimate of drug-likeness (QED) is 0.519. The largest absolute Gasteiger partial charge is 0.389 e. The molecule has 0 saturated carbocycles. The lowest BCUT2D eigenvalue weighted by Gasteiger charge is -2.01. The minimum Gasteiger partial charge on any atom is -0.389 e. The Kier molecular flexibility index (Phi) is 4.52. The van der Waals surface area contributed by atoms with Crippen LogP contribution in [0.25, 0.3) is 10.4 Å². The van der Waals surface area contributed by atoms with Crippen LogP contribution in [0.3, 0.4) is 0 Å². The van der Waals surface area contributed by atoms with Gasteiger partial charge in [0, 0.05) is 11.9 Å². The molecule has 3 rings (SSSR count). The number of benzene rings is 1. The first-order valence-electron chi connectivity index (χ1n) is 7.11. The fraction of sp³-hybridized carbons (Fsp3) is 0.176. The molecule has 0 radical (unpaired) electrons. The van der Waals surface area contributed by atoms with E-state index in [0.717, 1.165) is 26.7 Å². The highest BCUT2D eigenvalue weighted by Crippen LogP contribution is 2.28. The van der Waals surface area contributed by atoms with Crippen LogP contribution in [0.5, 0.6) is 0 Å². The molecule has 23 heavy (non-hydrogen) atoms. The van der Waals surface area contributed by atoms with Crippen molar-refractivity contribution in [1.29, 1.82) is 0 Å². The van der Waals surface area contributed by atoms with Crippen molar-refractivity contribution >= 4 is 17.0 Å². The van der Waals surface area contributed by atoms with E-state index >= 15 is 0 Å². The third-order valence-electron chi connectivity index (χ3n) is 3.42. The summed E-state index contributed by atoms with van der Waals surface area (Å²) in [6.45, 7) is 2.29. The maximum absolute atomic E-state index is 13.0. The van der Waals surface area contributed by atoms with Crippen LogP contribution in [0.2, 0.25) is 0 Å². The number of aromatic nitrogens is 2. The predicted molar refractivity (Wildman–Crippen MR) is 89.9 cm³/mol. The summed E-state index contributed by atoms with van der Waals surface area (Å²) in [5.41, 5.74) is 2.76. The van der Waals surface area contributed by atoms with Gasteiger partial charge in [0.1, 0.15) is 5.82 Å². The Hall–Kier alpha value is -2.47. The van der Waals surface area contributed by atoms with Crippen molar-refractivity contribution in [1.82, 2.24) is 9.55 Å². The monoisotopic (exact) mass is 329 g/mol. The molecule has 1 aromatic carbocycles. The van der Waals surface area contributed by atoms with Crippen LogP contribution in [-0.2, 0) is 18.5 Å². The summed E-state index contributed by atoms with van der Waals surface area (Å²) < 4.78 is 14.9. The minimum absolute atomic E-state index is 0.230. The number of rotatable bonds is 5. The number of hydrogen-bond acceptors (Lipinski definition) is 4. The zero-order valence-electron chi connectivity index (χ0n) is 12.9. The number of thiophene rings is 1. The minimum atomic E-state index is -0.230. The molecule has 0 aliphatic heterocycles. The van der Waals surface area contributed by atoms with Gasteiger partial charge in [0.2, 0.25) is 0 Å². The van der Waals surface area contributed by atoms with Gasteiger partial charge in [0.05, 0.1) is 28.8 Å². The van der Waals surface area contributed by atoms with Crippen LogP contribution in [-0.4, -0.2) is 15.3 Å². The fourth-order valence-electron chi connectivity index (χ4n) is 2.07. The Morgan fingerprint density at radius 2 is 2.04 bits per heavy atom. The van der Waals surface area contributed by atoms with Crippen LogP contribution in [0.1, 0.15) is 17.5 Å². The van der Waals surface area contributed by atoms with Gasteiger partial charge >= 0.3 is 0 Å². The molecule has 0 atom stereocenters. The highest BCUT2D eigenvalue weighted by atomic mass is 32.1. The molecule has 6 heteroatoms. The molecule has 2 aromatic heterocycles. The number of oxime groups is 1. The molecule has 0 spiro atoms. The fourth-order valence-corrected chi connectivity index (χ4v) is 3.01. The van der Waals surface area contributed by atoms with Crippen molar-refractivity contribution in [3.8, 4) is 10.4 Å². The summed E-state index contributed by atoms with van der Waals surface area (Å²) in [6, 6.07) is 10.5. The molecule has 0 bridgehead atoms. The van der Waals surface area contributed by atoms with Crippen molar-refractivity contribution in [2.45, 2.75) is 13.5 Å². The van der Waals surface area contributed by atoms with Crippen molar-refractivity contribution in [3.05, 3.63) is 65.3 Å². The van der Waals surface area contributed by atoms with Gasteiger partial charge in [-0.1, -0.05) is 17.3 Å². The third kappa shape index (κ3) is 3.65. The smallest absolute Gasteiger partial charge is 0.158 e. The molecule has 3 aromatic rings. The average Bonchev–Trinajstić information content (AvgIpc) is 3.18. The first-order valence-corrected chi connectivity index (χ1v) is 7.93. The highest BCUT2D eigenvalue weighted by molar-refractivity contribution is 7.17. The summed E-state index contributed by atoms with van der Waals surface area (Å²) in [4.78, 5) is 11.5. The van der Waals surface area contributed by atoms with Crippen molar-refractivity contribution < 1.29 is 9.23 Å². The van der Waals surface area contributed by atoms with E-state index in [9.17, 15) is 4.39 Å². The molecule has 4 nitrogen and oxygen atoms in total.